The predicted octanol–water partition coefficient (Wildman–Crippen LogP) is 2.13. The first kappa shape index (κ1) is 23.6. The molecule has 0 aliphatic carbocycles. The molecule has 32 heavy (non-hydrogen) atoms. The van der Waals surface area contributed by atoms with Crippen LogP contribution >= 0.6 is 23.2 Å². The normalized spacial score (nSPS) is 15.3. The number of nitrogens with two attached hydrogens (primary N) is 1. The lowest BCUT2D eigenvalue weighted by atomic mass is 10.1. The van der Waals surface area contributed by atoms with E-state index in [2.05, 4.69) is 10.6 Å². The number of halogens is 2. The van der Waals surface area contributed by atoms with Crippen LogP contribution in [-0.4, -0.2) is 47.7 Å². The molecule has 1 unspecified atom stereocenters. The molecule has 2 aromatic rings. The predicted molar refractivity (Wildman–Crippen MR) is 120 cm³/mol. The first-order valence-electron chi connectivity index (χ1n) is 9.95. The molecule has 4 amide bonds. The van der Waals surface area contributed by atoms with Crippen LogP contribution < -0.4 is 16.4 Å². The summed E-state index contributed by atoms with van der Waals surface area (Å²) in [7, 11) is 0. The van der Waals surface area contributed by atoms with E-state index in [-0.39, 0.29) is 24.9 Å². The third-order valence-electron chi connectivity index (χ3n) is 5.03. The van der Waals surface area contributed by atoms with E-state index in [0.29, 0.717) is 40.6 Å². The second kappa shape index (κ2) is 10.5. The Balaban J connectivity index is 1.58. The minimum absolute atomic E-state index is 0.240. The zero-order valence-electron chi connectivity index (χ0n) is 17.1. The van der Waals surface area contributed by atoms with E-state index in [1.165, 1.54) is 17.0 Å². The maximum Gasteiger partial charge on any atom is 0.254 e. The molecule has 10 heteroatoms. The molecule has 0 radical (unpaired) electrons. The van der Waals surface area contributed by atoms with Crippen molar-refractivity contribution in [3.8, 4) is 0 Å². The van der Waals surface area contributed by atoms with Gasteiger partial charge in [-0.25, -0.2) is 0 Å². The lowest BCUT2D eigenvalue weighted by Crippen LogP contribution is -2.45. The lowest BCUT2D eigenvalue weighted by molar-refractivity contribution is -0.125. The molecule has 3 rings (SSSR count). The van der Waals surface area contributed by atoms with Gasteiger partial charge in [0.2, 0.25) is 11.8 Å². The van der Waals surface area contributed by atoms with E-state index in [1.54, 1.807) is 30.3 Å². The Morgan fingerprint density at radius 2 is 1.62 bits per heavy atom. The van der Waals surface area contributed by atoms with Crippen LogP contribution in [-0.2, 0) is 16.1 Å². The topological polar surface area (TPSA) is 122 Å². The van der Waals surface area contributed by atoms with E-state index in [1.807, 2.05) is 0 Å². The van der Waals surface area contributed by atoms with Crippen LogP contribution in [0.15, 0.2) is 42.5 Å². The zero-order chi connectivity index (χ0) is 23.3. The summed E-state index contributed by atoms with van der Waals surface area (Å²) in [5.74, 6) is -1.60. The number of nitrogens with zero attached hydrogens (tertiary/aromatic N) is 1. The molecule has 1 aliphatic heterocycles. The summed E-state index contributed by atoms with van der Waals surface area (Å²) in [5.41, 5.74) is 6.50. The van der Waals surface area contributed by atoms with Gasteiger partial charge in [0.1, 0.15) is 6.04 Å². The SMILES string of the molecule is NC(=O)CNC(=O)c1ccc(CNC(=O)C2CCCN2C(=O)c2cc(Cl)cc(Cl)c2)cc1. The number of carbonyl (C=O) groups excluding carboxylic acids is 4. The fraction of sp³-hybridized carbons (Fsp3) is 0.273. The Bertz CT molecular complexity index is 1020. The van der Waals surface area contributed by atoms with E-state index in [4.69, 9.17) is 28.9 Å². The number of benzene rings is 2. The highest BCUT2D eigenvalue weighted by molar-refractivity contribution is 6.35. The second-order valence-electron chi connectivity index (χ2n) is 7.38. The Hall–Kier alpha value is -3.10. The van der Waals surface area contributed by atoms with Gasteiger partial charge in [0.25, 0.3) is 11.8 Å². The molecule has 1 heterocycles. The van der Waals surface area contributed by atoms with Gasteiger partial charge in [-0.05, 0) is 48.7 Å². The number of hydrogen-bond acceptors (Lipinski definition) is 4. The summed E-state index contributed by atoms with van der Waals surface area (Å²) >= 11 is 12.0. The van der Waals surface area contributed by atoms with E-state index in [0.717, 1.165) is 5.56 Å². The van der Waals surface area contributed by atoms with E-state index in [9.17, 15) is 19.2 Å². The monoisotopic (exact) mass is 476 g/mol. The molecular formula is C22H22Cl2N4O4. The van der Waals surface area contributed by atoms with E-state index < -0.39 is 17.9 Å². The molecule has 168 valence electrons. The van der Waals surface area contributed by atoms with Gasteiger partial charge in [-0.3, -0.25) is 19.2 Å². The molecular weight excluding hydrogens is 455 g/mol. The van der Waals surface area contributed by atoms with E-state index >= 15 is 0 Å². The minimum Gasteiger partial charge on any atom is -0.368 e. The minimum atomic E-state index is -0.629. The van der Waals surface area contributed by atoms with Crippen molar-refractivity contribution < 1.29 is 19.2 Å². The van der Waals surface area contributed by atoms with Gasteiger partial charge >= 0.3 is 0 Å². The largest absolute Gasteiger partial charge is 0.368 e. The highest BCUT2D eigenvalue weighted by Gasteiger charge is 2.34. The molecule has 8 nitrogen and oxygen atoms in total. The Kier molecular flexibility index (Phi) is 7.71. The van der Waals surface area contributed by atoms with Crippen molar-refractivity contribution in [3.63, 3.8) is 0 Å². The number of nitrogens with one attached hydrogen (secondary N) is 2. The Labute approximate surface area is 195 Å². The molecule has 0 saturated carbocycles. The van der Waals surface area contributed by atoms with Gasteiger partial charge in [0.05, 0.1) is 6.54 Å². The molecule has 4 N–H and O–H groups in total. The first-order chi connectivity index (χ1) is 15.2. The van der Waals surface area contributed by atoms with Gasteiger partial charge < -0.3 is 21.3 Å². The van der Waals surface area contributed by atoms with Crippen molar-refractivity contribution in [2.75, 3.05) is 13.1 Å². The van der Waals surface area contributed by atoms with Crippen LogP contribution in [0, 0.1) is 0 Å². The highest BCUT2D eigenvalue weighted by atomic mass is 35.5. The van der Waals surface area contributed by atoms with Crippen LogP contribution in [0.3, 0.4) is 0 Å². The number of hydrogen-bond donors (Lipinski definition) is 3. The summed E-state index contributed by atoms with van der Waals surface area (Å²) in [6.07, 6.45) is 1.28. The molecule has 0 aromatic heterocycles. The Morgan fingerprint density at radius 1 is 0.969 bits per heavy atom. The second-order valence-corrected chi connectivity index (χ2v) is 8.25. The number of amides is 4. The summed E-state index contributed by atoms with van der Waals surface area (Å²) in [6, 6.07) is 10.6. The molecule has 0 bridgehead atoms. The van der Waals surface area contributed by atoms with Gasteiger partial charge in [-0.1, -0.05) is 35.3 Å². The van der Waals surface area contributed by atoms with Gasteiger partial charge in [-0.2, -0.15) is 0 Å². The van der Waals surface area contributed by atoms with Crippen LogP contribution in [0.5, 0.6) is 0 Å². The van der Waals surface area contributed by atoms with Gasteiger partial charge in [-0.15, -0.1) is 0 Å². The quantitative estimate of drug-likeness (QED) is 0.566. The molecule has 1 saturated heterocycles. The van der Waals surface area contributed by atoms with Gasteiger partial charge in [0, 0.05) is 34.3 Å². The average molecular weight is 477 g/mol. The maximum atomic E-state index is 12.9. The standard InChI is InChI=1S/C22H22Cl2N4O4/c23-16-8-15(9-17(24)10-16)22(32)28-7-1-2-18(28)21(31)26-11-13-3-5-14(6-4-13)20(30)27-12-19(25)29/h3-6,8-10,18H,1-2,7,11-12H2,(H2,25,29)(H,26,31)(H,27,30). The average Bonchev–Trinajstić information content (AvgIpc) is 3.25. The molecule has 1 aliphatic rings. The molecule has 1 fully saturated rings. The van der Waals surface area contributed by atoms with Crippen molar-refractivity contribution in [2.45, 2.75) is 25.4 Å². The van der Waals surface area contributed by atoms with Crippen molar-refractivity contribution in [2.24, 2.45) is 5.73 Å². The van der Waals surface area contributed by atoms with Crippen LogP contribution in [0.1, 0.15) is 39.1 Å². The first-order valence-corrected chi connectivity index (χ1v) is 10.7. The summed E-state index contributed by atoms with van der Waals surface area (Å²) in [4.78, 5) is 49.9. The molecule has 0 spiro atoms. The van der Waals surface area contributed by atoms with Crippen LogP contribution in [0.2, 0.25) is 10.0 Å². The van der Waals surface area contributed by atoms with Crippen molar-refractivity contribution in [1.29, 1.82) is 0 Å². The number of rotatable bonds is 7. The third kappa shape index (κ3) is 5.99. The summed E-state index contributed by atoms with van der Waals surface area (Å²) in [6.45, 7) is 0.467. The molecule has 1 atom stereocenters. The smallest absolute Gasteiger partial charge is 0.254 e. The van der Waals surface area contributed by atoms with Crippen molar-refractivity contribution in [3.05, 3.63) is 69.2 Å². The number of primary amides is 1. The van der Waals surface area contributed by atoms with Crippen LogP contribution in [0.25, 0.3) is 0 Å². The zero-order valence-corrected chi connectivity index (χ0v) is 18.6. The highest BCUT2D eigenvalue weighted by Crippen LogP contribution is 2.24. The fourth-order valence-electron chi connectivity index (χ4n) is 3.48. The lowest BCUT2D eigenvalue weighted by Gasteiger charge is -2.24. The van der Waals surface area contributed by atoms with Gasteiger partial charge in [0.15, 0.2) is 0 Å². The fourth-order valence-corrected chi connectivity index (χ4v) is 4.00. The third-order valence-corrected chi connectivity index (χ3v) is 5.47. The maximum absolute atomic E-state index is 12.9. The van der Waals surface area contributed by atoms with Crippen molar-refractivity contribution >= 4 is 46.8 Å². The van der Waals surface area contributed by atoms with Crippen LogP contribution in [0.4, 0.5) is 0 Å². The van der Waals surface area contributed by atoms with Crippen molar-refractivity contribution in [1.82, 2.24) is 15.5 Å². The Morgan fingerprint density at radius 3 is 2.25 bits per heavy atom. The summed E-state index contributed by atoms with van der Waals surface area (Å²) in [5, 5.41) is 5.95. The summed E-state index contributed by atoms with van der Waals surface area (Å²) < 4.78 is 0. The number of likely N-dealkylation sites (tertiary alicyclic amines) is 1. The number of carbonyl (C=O) groups is 4. The molecule has 2 aromatic carbocycles.